The lowest BCUT2D eigenvalue weighted by molar-refractivity contribution is -0.245. The quantitative estimate of drug-likeness (QED) is 0.00959. The molecule has 752 valence electrons. The van der Waals surface area contributed by atoms with Crippen molar-refractivity contribution in [3.05, 3.63) is 160 Å². The number of carbonyl (C=O) groups excluding carboxylic acids is 15. The number of imidazole rings is 2. The number of carbonyl (C=O) groups is 16. The number of nitrogens with zero attached hydrogens (tertiary/aromatic N) is 4. The second-order valence-corrected chi connectivity index (χ2v) is 36.1. The second kappa shape index (κ2) is 46.6. The van der Waals surface area contributed by atoms with Crippen LogP contribution >= 0.6 is 0 Å². The predicted octanol–water partition coefficient (Wildman–Crippen LogP) is -0.820. The number of carboxylic acids is 1. The zero-order valence-corrected chi connectivity index (χ0v) is 78.1. The molecule has 0 bridgehead atoms. The highest BCUT2D eigenvalue weighted by molar-refractivity contribution is 6.31. The van der Waals surface area contributed by atoms with Crippen molar-refractivity contribution in [1.82, 2.24) is 93.3 Å². The van der Waals surface area contributed by atoms with Crippen molar-refractivity contribution < 1.29 is 121 Å². The highest BCUT2D eigenvalue weighted by atomic mass is 16.7. The number of ether oxygens (including phenoxy) is 3. The van der Waals surface area contributed by atoms with Gasteiger partial charge in [0.25, 0.3) is 5.91 Å². The van der Waals surface area contributed by atoms with Gasteiger partial charge in [0, 0.05) is 158 Å². The first kappa shape index (κ1) is 103. The summed E-state index contributed by atoms with van der Waals surface area (Å²) in [5.74, 6) is -16.0. The molecule has 3 aliphatic heterocycles. The molecular weight excluding hydrogens is 1840 g/mol. The third-order valence-corrected chi connectivity index (χ3v) is 25.7. The molecule has 3 saturated heterocycles. The molecule has 2 aliphatic carbocycles. The molecule has 4 aromatic heterocycles. The number of aliphatic carboxylic acids is 1. The van der Waals surface area contributed by atoms with Gasteiger partial charge in [-0.1, -0.05) is 67.5 Å². The number of likely N-dealkylation sites (tertiary alicyclic amines) is 1. The van der Waals surface area contributed by atoms with E-state index in [0.29, 0.717) is 38.6 Å². The monoisotopic (exact) mass is 1950 g/mol. The average Bonchev–Trinajstić information content (AvgIpc) is 1.12. The molecule has 3 fully saturated rings. The number of fused-ring (bicyclic) bond motifs is 5. The van der Waals surface area contributed by atoms with E-state index in [0.717, 1.165) is 0 Å². The number of unbranched alkanes of at least 4 members (excludes halogenated alkanes) is 2. The number of phenolic OH excluding ortho intramolecular Hbond substituents is 2. The Hall–Kier alpha value is -15.0. The van der Waals surface area contributed by atoms with Crippen molar-refractivity contribution in [3.8, 4) is 17.2 Å². The molecule has 24 N–H and O–H groups in total. The number of nitrogens with two attached hydrogens (primary N) is 2. The van der Waals surface area contributed by atoms with Gasteiger partial charge in [-0.2, -0.15) is 0 Å². The molecule has 8 aromatic rings. The highest BCUT2D eigenvalue weighted by Gasteiger charge is 2.51. The SMILES string of the molecule is COc1cccc2c1C(=O)c1c(O)c3c(c(O)c1C2=O)C[C@@](O)(/C(C)=N/OCC(=O)NCCCC[C@H](NC(=O)[C@H](Cc1c[nH]c2ccccc12)NC(=O)[C@H](CC(=O)O)NC(=O)[C@H](Cc1cnc[nH]1)NC(=O)[C@H](CCCCNC(=O)C(C)C)NC(=O)[C@H](Cc1c[nH]c2ccccc12)NC(=O)[C@H](Cc1cnc[nH]1)NC(=O)[C@@H]1CCC(=O)N1)C(=O)N1CCC[C@H]1C(=O)NCC(N)=O)C[C@@H]3O[C@H]1C[C@H](N)[C@H](O)[C@H](C)O1. The van der Waals surface area contributed by atoms with Gasteiger partial charge in [-0.15, -0.1) is 0 Å². The maximum absolute atomic E-state index is 15.5. The van der Waals surface area contributed by atoms with E-state index in [4.69, 9.17) is 30.5 Å². The first-order valence-electron chi connectivity index (χ1n) is 46.6. The molecule has 46 nitrogen and oxygen atoms in total. The summed E-state index contributed by atoms with van der Waals surface area (Å²) in [5, 5.41) is 92.7. The van der Waals surface area contributed by atoms with Crippen LogP contribution in [0.25, 0.3) is 21.8 Å². The molecule has 7 heterocycles. The molecule has 0 spiro atoms. The van der Waals surface area contributed by atoms with E-state index in [9.17, 15) is 73.5 Å². The number of aliphatic hydroxyl groups is 2. The third-order valence-electron chi connectivity index (χ3n) is 25.7. The fourth-order valence-corrected chi connectivity index (χ4v) is 18.1. The Morgan fingerprint density at radius 2 is 1.19 bits per heavy atom. The number of carboxylic acid groups (broad SMARTS) is 1. The highest BCUT2D eigenvalue weighted by Crippen LogP contribution is 2.53. The summed E-state index contributed by atoms with van der Waals surface area (Å²) in [5.41, 5.74) is 10.4. The van der Waals surface area contributed by atoms with Crippen LogP contribution in [0.4, 0.5) is 0 Å². The van der Waals surface area contributed by atoms with Gasteiger partial charge in [0.05, 0.1) is 73.4 Å². The van der Waals surface area contributed by atoms with Gasteiger partial charge in [-0.3, -0.25) is 76.7 Å². The van der Waals surface area contributed by atoms with Crippen molar-refractivity contribution in [1.29, 1.82) is 0 Å². The van der Waals surface area contributed by atoms with Crippen LogP contribution in [0, 0.1) is 5.92 Å². The average molecular weight is 1950 g/mol. The lowest BCUT2D eigenvalue weighted by Gasteiger charge is -2.42. The first-order valence-corrected chi connectivity index (χ1v) is 46.6. The Kier molecular flexibility index (Phi) is 34.2. The zero-order chi connectivity index (χ0) is 101. The molecule has 4 aromatic carbocycles. The number of hydrogen-bond donors (Lipinski definition) is 22. The summed E-state index contributed by atoms with van der Waals surface area (Å²) in [6.45, 7) is 4.92. The number of nitrogens with one attached hydrogen (secondary N) is 15. The summed E-state index contributed by atoms with van der Waals surface area (Å²) in [6.07, 6.45) is 1.13. The second-order valence-electron chi connectivity index (χ2n) is 36.1. The largest absolute Gasteiger partial charge is 0.507 e. The van der Waals surface area contributed by atoms with Gasteiger partial charge in [0.15, 0.2) is 18.7 Å². The van der Waals surface area contributed by atoms with Gasteiger partial charge < -0.3 is 139 Å². The van der Waals surface area contributed by atoms with Crippen LogP contribution in [0.5, 0.6) is 17.2 Å². The van der Waals surface area contributed by atoms with Crippen molar-refractivity contribution in [2.45, 2.75) is 234 Å². The Bertz CT molecular complexity index is 6030. The molecule has 5 aliphatic rings. The van der Waals surface area contributed by atoms with Crippen molar-refractivity contribution >= 4 is 122 Å². The van der Waals surface area contributed by atoms with Crippen LogP contribution < -0.4 is 74.7 Å². The van der Waals surface area contributed by atoms with E-state index < -0.39 is 235 Å². The molecule has 13 amide bonds. The van der Waals surface area contributed by atoms with Crippen LogP contribution in [0.1, 0.15) is 183 Å². The van der Waals surface area contributed by atoms with Crippen LogP contribution in [0.15, 0.2) is 109 Å². The van der Waals surface area contributed by atoms with E-state index in [2.05, 4.69) is 93.5 Å². The number of aromatic hydroxyl groups is 2. The van der Waals surface area contributed by atoms with E-state index in [1.807, 2.05) is 0 Å². The molecular formula is C95H117N21O25. The smallest absolute Gasteiger partial charge is 0.305 e. The number of aromatic nitrogens is 6. The Balaban J connectivity index is 0.720. The third kappa shape index (κ3) is 25.4. The molecule has 13 rings (SSSR count). The maximum atomic E-state index is 15.5. The van der Waals surface area contributed by atoms with Gasteiger partial charge >= 0.3 is 5.97 Å². The van der Waals surface area contributed by atoms with Crippen molar-refractivity contribution in [3.63, 3.8) is 0 Å². The number of para-hydroxylation sites is 2. The molecule has 141 heavy (non-hydrogen) atoms. The minimum Gasteiger partial charge on any atom is -0.507 e. The van der Waals surface area contributed by atoms with Crippen LogP contribution in [0.2, 0.25) is 0 Å². The van der Waals surface area contributed by atoms with E-state index in [1.54, 1.807) is 81.7 Å². The normalized spacial score (nSPS) is 20.3. The van der Waals surface area contributed by atoms with Gasteiger partial charge in [0.1, 0.15) is 77.2 Å². The standard InChI is InChI=1S/C95H117N21O25/c1-46(2)85(127)101-28-13-10-21-60(108-88(130)63(30-49-38-102-58-19-8-6-16-53(49)58)110-90(132)65(32-51-40-98-44-105-51)113-87(129)61-25-26-72(118)107-61)86(128)112-66(33-52-41-99-45-106-52)91(133)114-67(35-74(120)121)92(134)111-64(31-50-39-103-59-20-9-7-17-54(50)59)89(131)109-62(94(136)116-29-15-23-68(116)93(135)104-42-71(97)117)22-11-12-27-100-73(119)43-139-115-48(4)95(137)36-56-77(70(37-95)141-75-34-57(96)80(122)47(3)140-75)84(126)79-78(82(56)124)81(123)55-18-14-24-69(138-5)76(55)83(79)125/h6-9,14,16-20,24,38-41,44-47,57,60-68,70,75,80,102-103,122,124,126,137H,10-13,15,21-23,25-37,42-43,96H2,1-5H3,(H2,97,117)(H,98,105)(H,99,106)(H,100,119)(H,101,127)(H,104,135)(H,107,118)(H,108,130)(H,109,131)(H,110,132)(H,111,134)(H,112,128)(H,113,129)(H,114,133)(H,120,121)/b115-48+/t47-,57-,60-,61-,62-,63-,64-,65-,66-,67-,68-,70-,75-,80+,95-/m0/s1. The van der Waals surface area contributed by atoms with E-state index in [1.165, 1.54) is 62.2 Å². The molecule has 0 saturated carbocycles. The minimum absolute atomic E-state index is 0.0193. The number of aliphatic hydroxyl groups excluding tert-OH is 1. The number of aromatic amines is 4. The molecule has 46 heteroatoms. The summed E-state index contributed by atoms with van der Waals surface area (Å²) < 4.78 is 17.8. The summed E-state index contributed by atoms with van der Waals surface area (Å²) in [6, 6.07) is 3.60. The number of H-pyrrole nitrogens is 4. The predicted molar refractivity (Wildman–Crippen MR) is 500 cm³/mol. The number of methoxy groups -OCH3 is 1. The molecule has 0 unspecified atom stereocenters. The van der Waals surface area contributed by atoms with E-state index >= 15 is 28.8 Å². The van der Waals surface area contributed by atoms with Gasteiger partial charge in [-0.05, 0) is 101 Å². The molecule has 15 atom stereocenters. The number of rotatable bonds is 46. The first-order chi connectivity index (χ1) is 67.5. The lowest BCUT2D eigenvalue weighted by Crippen LogP contribution is -2.61. The Morgan fingerprint density at radius 1 is 0.638 bits per heavy atom. The zero-order valence-electron chi connectivity index (χ0n) is 78.1. The number of amides is 13. The van der Waals surface area contributed by atoms with Crippen LogP contribution in [-0.4, -0.2) is 285 Å². The summed E-state index contributed by atoms with van der Waals surface area (Å²) in [4.78, 5) is 253. The Morgan fingerprint density at radius 3 is 1.76 bits per heavy atom. The van der Waals surface area contributed by atoms with Crippen molar-refractivity contribution in [2.24, 2.45) is 22.5 Å². The number of primary amides is 1. The minimum atomic E-state index is -2.16. The van der Waals surface area contributed by atoms with Crippen molar-refractivity contribution in [2.75, 3.05) is 39.9 Å². The fourth-order valence-electron chi connectivity index (χ4n) is 18.1. The van der Waals surface area contributed by atoms with Crippen LogP contribution in [-0.2, 0) is 114 Å². The lowest BCUT2D eigenvalue weighted by atomic mass is 9.72. The van der Waals surface area contributed by atoms with Gasteiger partial charge in [-0.25, -0.2) is 9.97 Å². The number of benzene rings is 4. The number of ketones is 2. The maximum Gasteiger partial charge on any atom is 0.305 e. The number of hydrogen-bond acceptors (Lipinski definition) is 28. The van der Waals surface area contributed by atoms with Crippen LogP contribution in [0.3, 0.4) is 0 Å². The molecule has 0 radical (unpaired) electrons. The number of oxime groups is 1. The number of phenols is 2. The summed E-state index contributed by atoms with van der Waals surface area (Å²) >= 11 is 0. The summed E-state index contributed by atoms with van der Waals surface area (Å²) in [7, 11) is 1.29. The van der Waals surface area contributed by atoms with Gasteiger partial charge in [0.2, 0.25) is 76.7 Å². The topological polar surface area (TPSA) is 700 Å². The van der Waals surface area contributed by atoms with E-state index in [-0.39, 0.29) is 167 Å². The Labute approximate surface area is 806 Å². The fraction of sp³-hybridized carbons (Fsp3) is 0.463.